The van der Waals surface area contributed by atoms with E-state index in [9.17, 15) is 17.6 Å². The fraction of sp³-hybridized carbons (Fsp3) is 0.231. The van der Waals surface area contributed by atoms with Gasteiger partial charge < -0.3 is 26.0 Å². The molecule has 0 aliphatic rings. The molecule has 5 nitrogen and oxygen atoms in total. The molecule has 0 fully saturated rings. The van der Waals surface area contributed by atoms with Crippen molar-refractivity contribution in [2.75, 3.05) is 23.7 Å². The van der Waals surface area contributed by atoms with Gasteiger partial charge in [0.1, 0.15) is 5.75 Å². The summed E-state index contributed by atoms with van der Waals surface area (Å²) in [6.07, 6.45) is -7.27. The molecule has 0 atom stereocenters. The molecule has 0 saturated carbocycles. The van der Waals surface area contributed by atoms with Crippen molar-refractivity contribution in [3.8, 4) is 5.75 Å². The first-order valence-corrected chi connectivity index (χ1v) is 12.2. The van der Waals surface area contributed by atoms with Crippen LogP contribution in [0.5, 0.6) is 5.75 Å². The van der Waals surface area contributed by atoms with Crippen molar-refractivity contribution in [3.05, 3.63) is 90.0 Å². The number of nitrogens with one attached hydrogen (secondary N) is 4. The molecule has 0 unspecified atom stereocenters. The van der Waals surface area contributed by atoms with E-state index < -0.39 is 18.3 Å². The van der Waals surface area contributed by atoms with Gasteiger partial charge in [-0.2, -0.15) is 17.6 Å². The molecule has 4 N–H and O–H groups in total. The molecule has 0 amide bonds. The topological polar surface area (TPSA) is 57.4 Å². The predicted octanol–water partition coefficient (Wildman–Crippen LogP) is 5.98. The molecule has 3 aromatic rings. The van der Waals surface area contributed by atoms with Gasteiger partial charge in [0.2, 0.25) is 0 Å². The van der Waals surface area contributed by atoms with Gasteiger partial charge in [0.05, 0.1) is 5.69 Å². The molecule has 0 aromatic heterocycles. The number of hydrogen-bond acceptors (Lipinski definition) is 3. The zero-order valence-electron chi connectivity index (χ0n) is 19.6. The minimum Gasteiger partial charge on any atom is -0.426 e. The average Bonchev–Trinajstić information content (AvgIpc) is 2.87. The lowest BCUT2D eigenvalue weighted by Crippen LogP contribution is -2.34. The zero-order valence-corrected chi connectivity index (χ0v) is 21.3. The van der Waals surface area contributed by atoms with Gasteiger partial charge in [-0.05, 0) is 66.6 Å². The second-order valence-corrected chi connectivity index (χ2v) is 8.72. The van der Waals surface area contributed by atoms with Crippen LogP contribution in [0.4, 0.5) is 28.9 Å². The monoisotopic (exact) mass is 550 g/mol. The number of thiocarbonyl (C=S) groups is 2. The second kappa shape index (κ2) is 13.8. The maximum atomic E-state index is 13.6. The van der Waals surface area contributed by atoms with Crippen LogP contribution in [0.25, 0.3) is 0 Å². The van der Waals surface area contributed by atoms with Crippen molar-refractivity contribution in [3.63, 3.8) is 0 Å². The summed E-state index contributed by atoms with van der Waals surface area (Å²) in [4.78, 5) is 0. The van der Waals surface area contributed by atoms with Crippen LogP contribution in [-0.2, 0) is 12.8 Å². The summed E-state index contributed by atoms with van der Waals surface area (Å²) < 4.78 is 57.1. The Labute approximate surface area is 223 Å². The Morgan fingerprint density at radius 3 is 1.78 bits per heavy atom. The molecular weight excluding hydrogens is 524 g/mol. The summed E-state index contributed by atoms with van der Waals surface area (Å²) >= 11 is 10.6. The SMILES string of the molecule is FC(F)C(F)(F)Oc1ccc(NC(=S)NCCc2ccccc2)cc1NC(=S)NCCc1ccccc1. The highest BCUT2D eigenvalue weighted by Gasteiger charge is 2.44. The Balaban J connectivity index is 1.63. The number of rotatable bonds is 11. The molecule has 0 saturated heterocycles. The number of benzene rings is 3. The summed E-state index contributed by atoms with van der Waals surface area (Å²) in [6.45, 7) is 1.03. The average molecular weight is 551 g/mol. The Bertz CT molecular complexity index is 1170. The molecule has 196 valence electrons. The summed E-state index contributed by atoms with van der Waals surface area (Å²) in [5.74, 6) is -0.494. The lowest BCUT2D eigenvalue weighted by Gasteiger charge is -2.21. The van der Waals surface area contributed by atoms with Crippen molar-refractivity contribution >= 4 is 46.0 Å². The molecule has 11 heteroatoms. The molecule has 3 rings (SSSR count). The van der Waals surface area contributed by atoms with Crippen molar-refractivity contribution in [1.29, 1.82) is 0 Å². The molecule has 0 aliphatic carbocycles. The maximum Gasteiger partial charge on any atom is 0.461 e. The van der Waals surface area contributed by atoms with Crippen LogP contribution in [0.3, 0.4) is 0 Å². The van der Waals surface area contributed by atoms with Crippen molar-refractivity contribution < 1.29 is 22.3 Å². The molecule has 0 radical (unpaired) electrons. The van der Waals surface area contributed by atoms with Crippen LogP contribution < -0.4 is 26.0 Å². The van der Waals surface area contributed by atoms with E-state index in [1.165, 1.54) is 12.1 Å². The minimum atomic E-state index is -4.68. The Kier molecular flexibility index (Phi) is 10.5. The van der Waals surface area contributed by atoms with Crippen molar-refractivity contribution in [2.24, 2.45) is 0 Å². The largest absolute Gasteiger partial charge is 0.461 e. The molecule has 3 aromatic carbocycles. The van der Waals surface area contributed by atoms with Crippen LogP contribution in [-0.4, -0.2) is 35.8 Å². The van der Waals surface area contributed by atoms with Crippen molar-refractivity contribution in [1.82, 2.24) is 10.6 Å². The highest BCUT2D eigenvalue weighted by molar-refractivity contribution is 7.80. The Morgan fingerprint density at radius 2 is 1.27 bits per heavy atom. The summed E-state index contributed by atoms with van der Waals surface area (Å²) in [5, 5.41) is 12.1. The van der Waals surface area contributed by atoms with Crippen LogP contribution in [0.15, 0.2) is 78.9 Å². The number of alkyl halides is 4. The molecule has 0 bridgehead atoms. The van der Waals surface area contributed by atoms with Gasteiger partial charge in [0, 0.05) is 18.8 Å². The summed E-state index contributed by atoms with van der Waals surface area (Å²) in [6, 6.07) is 23.4. The maximum absolute atomic E-state index is 13.6. The normalized spacial score (nSPS) is 11.1. The van der Waals surface area contributed by atoms with Gasteiger partial charge in [-0.1, -0.05) is 60.7 Å². The van der Waals surface area contributed by atoms with Crippen LogP contribution in [0, 0.1) is 0 Å². The highest BCUT2D eigenvalue weighted by Crippen LogP contribution is 2.34. The molecule has 0 heterocycles. The van der Waals surface area contributed by atoms with Crippen LogP contribution >= 0.6 is 24.4 Å². The lowest BCUT2D eigenvalue weighted by molar-refractivity contribution is -0.252. The van der Waals surface area contributed by atoms with Gasteiger partial charge in [0.25, 0.3) is 0 Å². The van der Waals surface area contributed by atoms with Gasteiger partial charge in [-0.15, -0.1) is 0 Å². The third-order valence-electron chi connectivity index (χ3n) is 5.07. The third kappa shape index (κ3) is 9.51. The zero-order chi connectivity index (χ0) is 26.7. The fourth-order valence-corrected chi connectivity index (χ4v) is 3.69. The number of ether oxygens (including phenoxy) is 1. The van der Waals surface area contributed by atoms with E-state index in [2.05, 4.69) is 26.0 Å². The fourth-order valence-electron chi connectivity index (χ4n) is 3.26. The summed E-state index contributed by atoms with van der Waals surface area (Å²) in [5.41, 5.74) is 2.60. The van der Waals surface area contributed by atoms with E-state index in [4.69, 9.17) is 24.4 Å². The van der Waals surface area contributed by atoms with Crippen LogP contribution in [0.1, 0.15) is 11.1 Å². The second-order valence-electron chi connectivity index (χ2n) is 7.91. The highest BCUT2D eigenvalue weighted by atomic mass is 32.1. The van der Waals surface area contributed by atoms with Gasteiger partial charge >= 0.3 is 12.5 Å². The Hall–Kier alpha value is -3.44. The molecule has 37 heavy (non-hydrogen) atoms. The smallest absolute Gasteiger partial charge is 0.426 e. The van der Waals surface area contributed by atoms with E-state index in [1.54, 1.807) is 0 Å². The van der Waals surface area contributed by atoms with E-state index in [-0.39, 0.29) is 10.8 Å². The van der Waals surface area contributed by atoms with Crippen LogP contribution in [0.2, 0.25) is 0 Å². The first-order valence-electron chi connectivity index (χ1n) is 11.4. The molecular formula is C26H26F4N4OS2. The quantitative estimate of drug-likeness (QED) is 0.173. The Morgan fingerprint density at radius 1 is 0.757 bits per heavy atom. The van der Waals surface area contributed by atoms with Crippen molar-refractivity contribution in [2.45, 2.75) is 25.4 Å². The van der Waals surface area contributed by atoms with E-state index >= 15 is 0 Å². The number of hydrogen-bond donors (Lipinski definition) is 4. The van der Waals surface area contributed by atoms with E-state index in [1.807, 2.05) is 60.7 Å². The van der Waals surface area contributed by atoms with Gasteiger partial charge in [0.15, 0.2) is 10.2 Å². The van der Waals surface area contributed by atoms with E-state index in [0.29, 0.717) is 30.3 Å². The predicted molar refractivity (Wildman–Crippen MR) is 147 cm³/mol. The summed E-state index contributed by atoms with van der Waals surface area (Å²) in [7, 11) is 0. The first-order chi connectivity index (χ1) is 17.7. The van der Waals surface area contributed by atoms with Gasteiger partial charge in [-0.3, -0.25) is 0 Å². The minimum absolute atomic E-state index is 0.0328. The van der Waals surface area contributed by atoms with E-state index in [0.717, 1.165) is 23.6 Å². The molecule has 0 aliphatic heterocycles. The standard InChI is InChI=1S/C26H26F4N4OS2/c27-23(28)26(29,30)35-22-12-11-20(33-24(36)31-15-13-18-7-3-1-4-8-18)17-21(22)34-25(37)32-16-14-19-9-5-2-6-10-19/h1-12,17,23H,13-16H2,(H2,31,33,36)(H2,32,34,37). The number of anilines is 2. The van der Waals surface area contributed by atoms with Gasteiger partial charge in [-0.25, -0.2) is 0 Å². The first kappa shape index (κ1) is 28.1. The lowest BCUT2D eigenvalue weighted by atomic mass is 10.1. The molecule has 0 spiro atoms. The number of halogens is 4. The third-order valence-corrected chi connectivity index (χ3v) is 5.56.